The van der Waals surface area contributed by atoms with Crippen LogP contribution in [0.25, 0.3) is 0 Å². The predicted octanol–water partition coefficient (Wildman–Crippen LogP) is 5.86. The van der Waals surface area contributed by atoms with Gasteiger partial charge in [0, 0.05) is 4.47 Å². The number of halogens is 3. The molecular formula is C17H15BrCl2O3S. The highest BCUT2D eigenvalue weighted by atomic mass is 79.9. The SMILES string of the molecule is COc1ccc(S(=O)(=O)c2c(Cl)cc(Br)cc2Cl)cc1C1CCC1. The molecule has 0 saturated heterocycles. The molecule has 0 bridgehead atoms. The van der Waals surface area contributed by atoms with Gasteiger partial charge in [-0.15, -0.1) is 0 Å². The zero-order valence-corrected chi connectivity index (χ0v) is 16.8. The smallest absolute Gasteiger partial charge is 0.209 e. The average Bonchev–Trinajstić information content (AvgIpc) is 2.43. The number of ether oxygens (including phenoxy) is 1. The summed E-state index contributed by atoms with van der Waals surface area (Å²) in [6.07, 6.45) is 3.23. The van der Waals surface area contributed by atoms with Crippen LogP contribution < -0.4 is 4.74 Å². The van der Waals surface area contributed by atoms with E-state index >= 15 is 0 Å². The molecule has 3 nitrogen and oxygen atoms in total. The minimum atomic E-state index is -3.82. The maximum absolute atomic E-state index is 13.0. The first kappa shape index (κ1) is 18.1. The van der Waals surface area contributed by atoms with Crippen LogP contribution in [0.15, 0.2) is 44.6 Å². The fourth-order valence-electron chi connectivity index (χ4n) is 2.82. The van der Waals surface area contributed by atoms with Crippen molar-refractivity contribution >= 4 is 49.0 Å². The van der Waals surface area contributed by atoms with E-state index in [1.807, 2.05) is 0 Å². The van der Waals surface area contributed by atoms with Gasteiger partial charge in [-0.3, -0.25) is 0 Å². The van der Waals surface area contributed by atoms with E-state index in [4.69, 9.17) is 27.9 Å². The van der Waals surface area contributed by atoms with E-state index in [0.717, 1.165) is 24.8 Å². The molecule has 128 valence electrons. The summed E-state index contributed by atoms with van der Waals surface area (Å²) >= 11 is 15.6. The lowest BCUT2D eigenvalue weighted by molar-refractivity contribution is 0.372. The molecule has 0 aliphatic heterocycles. The fraction of sp³-hybridized carbons (Fsp3) is 0.294. The van der Waals surface area contributed by atoms with Gasteiger partial charge in [-0.2, -0.15) is 0 Å². The molecule has 3 rings (SSSR count). The molecule has 1 fully saturated rings. The highest BCUT2D eigenvalue weighted by Crippen LogP contribution is 2.43. The van der Waals surface area contributed by atoms with E-state index in [2.05, 4.69) is 15.9 Å². The molecule has 0 heterocycles. The van der Waals surface area contributed by atoms with Crippen molar-refractivity contribution in [2.75, 3.05) is 7.11 Å². The van der Waals surface area contributed by atoms with Crippen LogP contribution in [0.3, 0.4) is 0 Å². The summed E-state index contributed by atoms with van der Waals surface area (Å²) in [6.45, 7) is 0. The molecular weight excluding hydrogens is 435 g/mol. The summed E-state index contributed by atoms with van der Waals surface area (Å²) in [4.78, 5) is 0.107. The summed E-state index contributed by atoms with van der Waals surface area (Å²) in [6, 6.07) is 7.96. The molecule has 1 saturated carbocycles. The van der Waals surface area contributed by atoms with E-state index < -0.39 is 9.84 Å². The van der Waals surface area contributed by atoms with Crippen molar-refractivity contribution in [2.24, 2.45) is 0 Å². The van der Waals surface area contributed by atoms with Crippen molar-refractivity contribution in [3.63, 3.8) is 0 Å². The van der Waals surface area contributed by atoms with Gasteiger partial charge in [-0.25, -0.2) is 8.42 Å². The largest absolute Gasteiger partial charge is 0.496 e. The first-order chi connectivity index (χ1) is 11.3. The van der Waals surface area contributed by atoms with Crippen molar-refractivity contribution in [3.05, 3.63) is 50.4 Å². The standard InChI is InChI=1S/C17H15BrCl2O3S/c1-23-16-6-5-12(9-13(16)10-3-2-4-10)24(21,22)17-14(19)7-11(18)8-15(17)20/h5-10H,2-4H2,1H3. The Hall–Kier alpha value is -0.750. The van der Waals surface area contributed by atoms with Gasteiger partial charge in [0.05, 0.1) is 22.1 Å². The zero-order valence-electron chi connectivity index (χ0n) is 12.9. The van der Waals surface area contributed by atoms with E-state index in [1.165, 1.54) is 18.2 Å². The van der Waals surface area contributed by atoms with Gasteiger partial charge in [0.25, 0.3) is 0 Å². The fourth-order valence-corrected chi connectivity index (χ4v) is 6.04. The van der Waals surface area contributed by atoms with Gasteiger partial charge in [0.1, 0.15) is 10.6 Å². The number of rotatable bonds is 4. The Morgan fingerprint density at radius 1 is 1.12 bits per heavy atom. The second-order valence-electron chi connectivity index (χ2n) is 5.73. The summed E-state index contributed by atoms with van der Waals surface area (Å²) in [5, 5.41) is 0.186. The van der Waals surface area contributed by atoms with Crippen molar-refractivity contribution in [1.82, 2.24) is 0 Å². The molecule has 7 heteroatoms. The van der Waals surface area contributed by atoms with E-state index in [9.17, 15) is 8.42 Å². The number of hydrogen-bond acceptors (Lipinski definition) is 3. The van der Waals surface area contributed by atoms with Gasteiger partial charge in [0.2, 0.25) is 9.84 Å². The summed E-state index contributed by atoms with van der Waals surface area (Å²) in [7, 11) is -2.23. The minimum absolute atomic E-state index is 0.0706. The zero-order chi connectivity index (χ0) is 17.5. The molecule has 0 aromatic heterocycles. The van der Waals surface area contributed by atoms with Crippen LogP contribution in [0.2, 0.25) is 10.0 Å². The Morgan fingerprint density at radius 2 is 1.75 bits per heavy atom. The molecule has 0 N–H and O–H groups in total. The molecule has 24 heavy (non-hydrogen) atoms. The molecule has 2 aromatic carbocycles. The molecule has 2 aromatic rings. The third kappa shape index (κ3) is 3.19. The number of sulfone groups is 1. The normalized spacial score (nSPS) is 15.2. The van der Waals surface area contributed by atoms with Crippen molar-refractivity contribution < 1.29 is 13.2 Å². The molecule has 0 atom stereocenters. The minimum Gasteiger partial charge on any atom is -0.496 e. The second-order valence-corrected chi connectivity index (χ2v) is 9.35. The van der Waals surface area contributed by atoms with Crippen LogP contribution in [0, 0.1) is 0 Å². The van der Waals surface area contributed by atoms with Crippen LogP contribution in [0.5, 0.6) is 5.75 Å². The molecule has 0 radical (unpaired) electrons. The van der Waals surface area contributed by atoms with E-state index in [-0.39, 0.29) is 19.8 Å². The third-order valence-corrected chi connectivity index (χ3v) is 7.42. The van der Waals surface area contributed by atoms with Gasteiger partial charge in [0.15, 0.2) is 0 Å². The van der Waals surface area contributed by atoms with Crippen LogP contribution >= 0.6 is 39.1 Å². The quantitative estimate of drug-likeness (QED) is 0.586. The molecule has 0 amide bonds. The first-order valence-corrected chi connectivity index (χ1v) is 10.5. The second kappa shape index (κ2) is 6.87. The van der Waals surface area contributed by atoms with Crippen molar-refractivity contribution in [1.29, 1.82) is 0 Å². The maximum atomic E-state index is 13.0. The lowest BCUT2D eigenvalue weighted by Crippen LogP contribution is -2.12. The Labute approximate surface area is 160 Å². The summed E-state index contributed by atoms with van der Waals surface area (Å²) in [5.74, 6) is 1.05. The Balaban J connectivity index is 2.14. The number of benzene rings is 2. The third-order valence-electron chi connectivity index (χ3n) is 4.29. The highest BCUT2D eigenvalue weighted by molar-refractivity contribution is 9.10. The number of methoxy groups -OCH3 is 1. The van der Waals surface area contributed by atoms with Crippen LogP contribution in [-0.2, 0) is 9.84 Å². The Bertz CT molecular complexity index is 870. The lowest BCUT2D eigenvalue weighted by Gasteiger charge is -2.27. The molecule has 1 aliphatic carbocycles. The van der Waals surface area contributed by atoms with Gasteiger partial charge >= 0.3 is 0 Å². The van der Waals surface area contributed by atoms with E-state index in [1.54, 1.807) is 19.2 Å². The monoisotopic (exact) mass is 448 g/mol. The first-order valence-electron chi connectivity index (χ1n) is 7.42. The summed E-state index contributed by atoms with van der Waals surface area (Å²) in [5.41, 5.74) is 0.925. The van der Waals surface area contributed by atoms with Crippen molar-refractivity contribution in [2.45, 2.75) is 35.0 Å². The maximum Gasteiger partial charge on any atom is 0.209 e. The van der Waals surface area contributed by atoms with Crippen LogP contribution in [0.4, 0.5) is 0 Å². The van der Waals surface area contributed by atoms with Gasteiger partial charge in [-0.1, -0.05) is 45.6 Å². The van der Waals surface area contributed by atoms with Gasteiger partial charge < -0.3 is 4.74 Å². The van der Waals surface area contributed by atoms with Crippen LogP contribution in [-0.4, -0.2) is 15.5 Å². The average molecular weight is 450 g/mol. The van der Waals surface area contributed by atoms with E-state index in [0.29, 0.717) is 16.1 Å². The van der Waals surface area contributed by atoms with Gasteiger partial charge in [-0.05, 0) is 54.7 Å². The lowest BCUT2D eigenvalue weighted by atomic mass is 9.80. The Kier molecular flexibility index (Phi) is 5.17. The van der Waals surface area contributed by atoms with Crippen molar-refractivity contribution in [3.8, 4) is 5.75 Å². The molecule has 0 unspecified atom stereocenters. The number of hydrogen-bond donors (Lipinski definition) is 0. The molecule has 1 aliphatic rings. The highest BCUT2D eigenvalue weighted by Gasteiger charge is 2.28. The van der Waals surface area contributed by atoms with Crippen LogP contribution in [0.1, 0.15) is 30.7 Å². The molecule has 0 spiro atoms. The predicted molar refractivity (Wildman–Crippen MR) is 99.2 cm³/mol. The topological polar surface area (TPSA) is 43.4 Å². The summed E-state index contributed by atoms with van der Waals surface area (Å²) < 4.78 is 32.1. The Morgan fingerprint density at radius 3 is 2.25 bits per heavy atom.